The van der Waals surface area contributed by atoms with Crippen molar-refractivity contribution in [1.82, 2.24) is 5.32 Å². The van der Waals surface area contributed by atoms with Crippen molar-refractivity contribution in [3.8, 4) is 10.4 Å². The van der Waals surface area contributed by atoms with Crippen molar-refractivity contribution in [2.45, 2.75) is 6.10 Å². The molecule has 3 N–H and O–H groups in total. The van der Waals surface area contributed by atoms with Crippen LogP contribution in [-0.2, 0) is 0 Å². The zero-order valence-electron chi connectivity index (χ0n) is 12.2. The predicted molar refractivity (Wildman–Crippen MR) is 90.4 cm³/mol. The molecule has 1 atom stereocenters. The second-order valence-corrected chi connectivity index (χ2v) is 5.87. The van der Waals surface area contributed by atoms with E-state index in [0.717, 1.165) is 10.4 Å². The standard InChI is InChI=1S/C17H16N2O3S/c20-14(15-6-2-8-22-15)11-18-17(21)19-13-5-1-4-12(10-13)16-7-3-9-23-16/h1-10,14,20H,11H2,(H2,18,19,21). The van der Waals surface area contributed by atoms with Crippen LogP contribution in [0.1, 0.15) is 11.9 Å². The number of aliphatic hydroxyl groups excluding tert-OH is 1. The average Bonchev–Trinajstić information content (AvgIpc) is 3.25. The molecule has 23 heavy (non-hydrogen) atoms. The van der Waals surface area contributed by atoms with E-state index in [2.05, 4.69) is 10.6 Å². The first-order chi connectivity index (χ1) is 11.2. The van der Waals surface area contributed by atoms with Crippen molar-refractivity contribution in [3.05, 3.63) is 65.9 Å². The lowest BCUT2D eigenvalue weighted by molar-refractivity contribution is 0.149. The zero-order chi connectivity index (χ0) is 16.1. The smallest absolute Gasteiger partial charge is 0.319 e. The third-order valence-electron chi connectivity index (χ3n) is 3.25. The van der Waals surface area contributed by atoms with Crippen LogP contribution in [0.5, 0.6) is 0 Å². The van der Waals surface area contributed by atoms with Crippen LogP contribution < -0.4 is 10.6 Å². The van der Waals surface area contributed by atoms with E-state index in [1.165, 1.54) is 6.26 Å². The van der Waals surface area contributed by atoms with Crippen molar-refractivity contribution in [3.63, 3.8) is 0 Å². The number of hydrogen-bond donors (Lipinski definition) is 3. The first-order valence-electron chi connectivity index (χ1n) is 7.12. The number of thiophene rings is 1. The summed E-state index contributed by atoms with van der Waals surface area (Å²) < 4.78 is 5.08. The van der Waals surface area contributed by atoms with E-state index < -0.39 is 6.10 Å². The average molecular weight is 328 g/mol. The molecule has 0 radical (unpaired) electrons. The van der Waals surface area contributed by atoms with Gasteiger partial charge in [0.05, 0.1) is 12.8 Å². The fourth-order valence-corrected chi connectivity index (χ4v) is 2.86. The molecule has 2 amide bonds. The first-order valence-corrected chi connectivity index (χ1v) is 8.00. The van der Waals surface area contributed by atoms with Crippen molar-refractivity contribution >= 4 is 23.1 Å². The maximum Gasteiger partial charge on any atom is 0.319 e. The van der Waals surface area contributed by atoms with E-state index in [1.54, 1.807) is 23.5 Å². The molecule has 3 rings (SSSR count). The van der Waals surface area contributed by atoms with Crippen molar-refractivity contribution in [2.24, 2.45) is 0 Å². The number of amides is 2. The molecule has 0 aliphatic rings. The third-order valence-corrected chi connectivity index (χ3v) is 4.17. The van der Waals surface area contributed by atoms with Gasteiger partial charge >= 0.3 is 6.03 Å². The predicted octanol–water partition coefficient (Wildman–Crippen LogP) is 3.86. The Balaban J connectivity index is 1.57. The Morgan fingerprint density at radius 3 is 2.87 bits per heavy atom. The summed E-state index contributed by atoms with van der Waals surface area (Å²) in [6.45, 7) is 0.0734. The zero-order valence-corrected chi connectivity index (χ0v) is 13.0. The molecule has 1 aromatic carbocycles. The van der Waals surface area contributed by atoms with Crippen LogP contribution in [0.15, 0.2) is 64.6 Å². The number of anilines is 1. The van der Waals surface area contributed by atoms with Crippen LogP contribution in [0.4, 0.5) is 10.5 Å². The number of benzene rings is 1. The van der Waals surface area contributed by atoms with Crippen LogP contribution in [0, 0.1) is 0 Å². The number of rotatable bonds is 5. The summed E-state index contributed by atoms with van der Waals surface area (Å²) in [5.74, 6) is 0.421. The van der Waals surface area contributed by atoms with Gasteiger partial charge in [0.15, 0.2) is 0 Å². The largest absolute Gasteiger partial charge is 0.467 e. The van der Waals surface area contributed by atoms with Gasteiger partial charge in [-0.15, -0.1) is 11.3 Å². The van der Waals surface area contributed by atoms with Gasteiger partial charge < -0.3 is 20.2 Å². The molecule has 3 aromatic rings. The summed E-state index contributed by atoms with van der Waals surface area (Å²) in [6.07, 6.45) is 0.613. The number of carbonyl (C=O) groups excluding carboxylic acids is 1. The lowest BCUT2D eigenvalue weighted by Gasteiger charge is -2.11. The Bertz CT molecular complexity index is 754. The summed E-state index contributed by atoms with van der Waals surface area (Å²) in [5.41, 5.74) is 1.74. The molecule has 1 unspecified atom stereocenters. The highest BCUT2D eigenvalue weighted by Gasteiger charge is 2.12. The van der Waals surface area contributed by atoms with E-state index in [1.807, 2.05) is 41.8 Å². The van der Waals surface area contributed by atoms with Gasteiger partial charge in [-0.2, -0.15) is 0 Å². The van der Waals surface area contributed by atoms with Crippen LogP contribution >= 0.6 is 11.3 Å². The van der Waals surface area contributed by atoms with E-state index in [-0.39, 0.29) is 12.6 Å². The molecule has 6 heteroatoms. The van der Waals surface area contributed by atoms with E-state index in [0.29, 0.717) is 11.4 Å². The molecule has 0 spiro atoms. The van der Waals surface area contributed by atoms with E-state index >= 15 is 0 Å². The summed E-state index contributed by atoms with van der Waals surface area (Å²) in [7, 11) is 0. The van der Waals surface area contributed by atoms with Crippen LogP contribution in [0.2, 0.25) is 0 Å². The summed E-state index contributed by atoms with van der Waals surface area (Å²) >= 11 is 1.64. The van der Waals surface area contributed by atoms with Gasteiger partial charge in [-0.05, 0) is 41.3 Å². The minimum absolute atomic E-state index is 0.0734. The number of urea groups is 1. The second kappa shape index (κ2) is 7.13. The number of carbonyl (C=O) groups is 1. The molecule has 0 bridgehead atoms. The molecular weight excluding hydrogens is 312 g/mol. The molecule has 2 heterocycles. The molecule has 5 nitrogen and oxygen atoms in total. The Morgan fingerprint density at radius 2 is 2.13 bits per heavy atom. The van der Waals surface area contributed by atoms with E-state index in [9.17, 15) is 9.90 Å². The number of aliphatic hydroxyl groups is 1. The van der Waals surface area contributed by atoms with Gasteiger partial charge in [-0.1, -0.05) is 18.2 Å². The lowest BCUT2D eigenvalue weighted by Crippen LogP contribution is -2.32. The normalized spacial score (nSPS) is 11.9. The summed E-state index contributed by atoms with van der Waals surface area (Å²) in [6, 6.07) is 14.6. The maximum absolute atomic E-state index is 11.9. The second-order valence-electron chi connectivity index (χ2n) is 4.92. The van der Waals surface area contributed by atoms with Gasteiger partial charge in [0, 0.05) is 10.6 Å². The molecule has 0 saturated carbocycles. The van der Waals surface area contributed by atoms with Gasteiger partial charge in [0.2, 0.25) is 0 Å². The number of hydrogen-bond acceptors (Lipinski definition) is 4. The monoisotopic (exact) mass is 328 g/mol. The highest BCUT2D eigenvalue weighted by Crippen LogP contribution is 2.26. The Hall–Kier alpha value is -2.57. The fraction of sp³-hybridized carbons (Fsp3) is 0.118. The summed E-state index contributed by atoms with van der Waals surface area (Å²) in [5, 5.41) is 17.2. The van der Waals surface area contributed by atoms with Gasteiger partial charge in [0.1, 0.15) is 11.9 Å². The third kappa shape index (κ3) is 4.00. The molecule has 2 aromatic heterocycles. The van der Waals surface area contributed by atoms with Gasteiger partial charge in [-0.25, -0.2) is 4.79 Å². The van der Waals surface area contributed by atoms with Gasteiger partial charge in [-0.3, -0.25) is 0 Å². The molecule has 0 fully saturated rings. The summed E-state index contributed by atoms with van der Waals surface area (Å²) in [4.78, 5) is 13.1. The van der Waals surface area contributed by atoms with Crippen molar-refractivity contribution in [1.29, 1.82) is 0 Å². The Kier molecular flexibility index (Phi) is 4.75. The topological polar surface area (TPSA) is 74.5 Å². The minimum atomic E-state index is -0.867. The molecule has 0 saturated heterocycles. The fourth-order valence-electron chi connectivity index (χ4n) is 2.14. The van der Waals surface area contributed by atoms with Crippen molar-refractivity contribution < 1.29 is 14.3 Å². The molecular formula is C17H16N2O3S. The SMILES string of the molecule is O=C(NCC(O)c1ccco1)Nc1cccc(-c2cccs2)c1. The minimum Gasteiger partial charge on any atom is -0.467 e. The van der Waals surface area contributed by atoms with Crippen LogP contribution in [-0.4, -0.2) is 17.7 Å². The number of nitrogens with one attached hydrogen (secondary N) is 2. The Morgan fingerprint density at radius 1 is 1.22 bits per heavy atom. The molecule has 0 aliphatic carbocycles. The molecule has 0 aliphatic heterocycles. The van der Waals surface area contributed by atoms with Gasteiger partial charge in [0.25, 0.3) is 0 Å². The van der Waals surface area contributed by atoms with Crippen molar-refractivity contribution in [2.75, 3.05) is 11.9 Å². The Labute approximate surface area is 137 Å². The maximum atomic E-state index is 11.9. The van der Waals surface area contributed by atoms with E-state index in [4.69, 9.17) is 4.42 Å². The van der Waals surface area contributed by atoms with Crippen LogP contribution in [0.3, 0.4) is 0 Å². The van der Waals surface area contributed by atoms with Crippen LogP contribution in [0.25, 0.3) is 10.4 Å². The highest BCUT2D eigenvalue weighted by molar-refractivity contribution is 7.13. The lowest BCUT2D eigenvalue weighted by atomic mass is 10.1. The quantitative estimate of drug-likeness (QED) is 0.666. The first kappa shape index (κ1) is 15.3. The molecule has 118 valence electrons. The highest BCUT2D eigenvalue weighted by atomic mass is 32.1. The number of furan rings is 1.